The zero-order valence-corrected chi connectivity index (χ0v) is 18.9. The summed E-state index contributed by atoms with van der Waals surface area (Å²) in [7, 11) is 4.08. The van der Waals surface area contributed by atoms with Gasteiger partial charge >= 0.3 is 0 Å². The Balaban J connectivity index is 1.78. The third-order valence-electron chi connectivity index (χ3n) is 5.93. The summed E-state index contributed by atoms with van der Waals surface area (Å²) in [6, 6.07) is 17.2. The molecule has 0 saturated carbocycles. The molecule has 6 heteroatoms. The maximum absolute atomic E-state index is 4.94. The summed E-state index contributed by atoms with van der Waals surface area (Å²) in [5.41, 5.74) is 5.29. The smallest absolute Gasteiger partial charge is 0.164 e. The third-order valence-corrected chi connectivity index (χ3v) is 5.93. The fraction of sp³-hybridized carbons (Fsp3) is 0.320. The lowest BCUT2D eigenvalue weighted by Crippen LogP contribution is -2.28. The summed E-state index contributed by atoms with van der Waals surface area (Å²) in [5.74, 6) is 1.47. The standard InChI is InChI=1S/C25H30N6/c1-6-18(3)30(4)16-19-9-7-8-10-21(19)23-28-24(22-15-26-31(5)25(22)29-23)27-20-13-11-17(2)12-14-20/h7-15,18H,6,16H2,1-5H3,(H,27,28,29). The molecule has 0 fully saturated rings. The van der Waals surface area contributed by atoms with Gasteiger partial charge in [-0.1, -0.05) is 48.9 Å². The number of rotatable bonds is 7. The minimum absolute atomic E-state index is 0.507. The number of nitrogens with zero attached hydrogens (tertiary/aromatic N) is 5. The number of hydrogen-bond acceptors (Lipinski definition) is 5. The van der Waals surface area contributed by atoms with E-state index >= 15 is 0 Å². The lowest BCUT2D eigenvalue weighted by Gasteiger charge is -2.24. The summed E-state index contributed by atoms with van der Waals surface area (Å²) in [5, 5.41) is 8.79. The van der Waals surface area contributed by atoms with Crippen molar-refractivity contribution < 1.29 is 0 Å². The first-order valence-corrected chi connectivity index (χ1v) is 10.8. The molecule has 0 saturated heterocycles. The van der Waals surface area contributed by atoms with E-state index in [2.05, 4.69) is 85.6 Å². The minimum Gasteiger partial charge on any atom is -0.339 e. The van der Waals surface area contributed by atoms with E-state index < -0.39 is 0 Å². The summed E-state index contributed by atoms with van der Waals surface area (Å²) in [6.07, 6.45) is 2.93. The molecular formula is C25H30N6. The van der Waals surface area contributed by atoms with Gasteiger partial charge in [-0.2, -0.15) is 5.10 Å². The van der Waals surface area contributed by atoms with E-state index in [0.717, 1.165) is 41.1 Å². The van der Waals surface area contributed by atoms with Gasteiger partial charge in [0.25, 0.3) is 0 Å². The van der Waals surface area contributed by atoms with Gasteiger partial charge in [-0.05, 0) is 45.0 Å². The third kappa shape index (κ3) is 4.44. The average Bonchev–Trinajstić information content (AvgIpc) is 3.16. The van der Waals surface area contributed by atoms with Gasteiger partial charge in [0.05, 0.1) is 11.6 Å². The Morgan fingerprint density at radius 3 is 2.55 bits per heavy atom. The molecule has 0 amide bonds. The van der Waals surface area contributed by atoms with Crippen molar-refractivity contribution in [2.75, 3.05) is 12.4 Å². The van der Waals surface area contributed by atoms with Crippen molar-refractivity contribution in [1.29, 1.82) is 0 Å². The van der Waals surface area contributed by atoms with Crippen LogP contribution < -0.4 is 5.32 Å². The molecule has 0 aliphatic heterocycles. The molecule has 0 aliphatic rings. The predicted molar refractivity (Wildman–Crippen MR) is 127 cm³/mol. The molecule has 6 nitrogen and oxygen atoms in total. The molecule has 1 atom stereocenters. The van der Waals surface area contributed by atoms with Crippen LogP contribution in [0.2, 0.25) is 0 Å². The molecule has 1 unspecified atom stereocenters. The van der Waals surface area contributed by atoms with Crippen molar-refractivity contribution in [3.63, 3.8) is 0 Å². The highest BCUT2D eigenvalue weighted by molar-refractivity contribution is 5.90. The fourth-order valence-electron chi connectivity index (χ4n) is 3.62. The van der Waals surface area contributed by atoms with Crippen LogP contribution in [0, 0.1) is 6.92 Å². The van der Waals surface area contributed by atoms with Crippen LogP contribution >= 0.6 is 0 Å². The van der Waals surface area contributed by atoms with E-state index in [9.17, 15) is 0 Å². The number of anilines is 2. The molecule has 160 valence electrons. The maximum Gasteiger partial charge on any atom is 0.164 e. The van der Waals surface area contributed by atoms with E-state index in [-0.39, 0.29) is 0 Å². The number of aryl methyl sites for hydroxylation is 2. The Labute approximate surface area is 184 Å². The second-order valence-electron chi connectivity index (χ2n) is 8.22. The molecule has 0 aliphatic carbocycles. The zero-order valence-electron chi connectivity index (χ0n) is 18.9. The van der Waals surface area contributed by atoms with E-state index in [0.29, 0.717) is 11.9 Å². The molecule has 4 aromatic rings. The van der Waals surface area contributed by atoms with Crippen LogP contribution in [0.15, 0.2) is 54.7 Å². The van der Waals surface area contributed by atoms with Gasteiger partial charge in [-0.3, -0.25) is 9.58 Å². The van der Waals surface area contributed by atoms with Crippen molar-refractivity contribution in [3.05, 3.63) is 65.9 Å². The highest BCUT2D eigenvalue weighted by Gasteiger charge is 2.17. The van der Waals surface area contributed by atoms with Crippen LogP contribution in [0.5, 0.6) is 0 Å². The first-order valence-electron chi connectivity index (χ1n) is 10.8. The van der Waals surface area contributed by atoms with Crippen molar-refractivity contribution in [2.45, 2.75) is 39.8 Å². The average molecular weight is 415 g/mol. The van der Waals surface area contributed by atoms with Crippen LogP contribution in [0.1, 0.15) is 31.4 Å². The molecule has 0 bridgehead atoms. The van der Waals surface area contributed by atoms with Crippen LogP contribution in [0.25, 0.3) is 22.4 Å². The van der Waals surface area contributed by atoms with Gasteiger partial charge in [0.1, 0.15) is 5.82 Å². The van der Waals surface area contributed by atoms with Crippen LogP contribution in [0.3, 0.4) is 0 Å². The topological polar surface area (TPSA) is 58.9 Å². The SMILES string of the molecule is CCC(C)N(C)Cc1ccccc1-c1nc(Nc2ccc(C)cc2)c2cnn(C)c2n1. The van der Waals surface area contributed by atoms with Gasteiger partial charge in [0.2, 0.25) is 0 Å². The molecule has 2 heterocycles. The predicted octanol–water partition coefficient (Wildman–Crippen LogP) is 5.31. The zero-order chi connectivity index (χ0) is 22.0. The monoisotopic (exact) mass is 414 g/mol. The van der Waals surface area contributed by atoms with E-state index in [1.807, 2.05) is 19.3 Å². The number of benzene rings is 2. The second-order valence-corrected chi connectivity index (χ2v) is 8.22. The van der Waals surface area contributed by atoms with Gasteiger partial charge in [0, 0.05) is 30.9 Å². The lowest BCUT2D eigenvalue weighted by atomic mass is 10.1. The van der Waals surface area contributed by atoms with Crippen LogP contribution in [0.4, 0.5) is 11.5 Å². The van der Waals surface area contributed by atoms with Crippen molar-refractivity contribution in [1.82, 2.24) is 24.6 Å². The quantitative estimate of drug-likeness (QED) is 0.444. The first kappa shape index (κ1) is 21.0. The van der Waals surface area contributed by atoms with Gasteiger partial charge in [-0.15, -0.1) is 0 Å². The number of nitrogens with one attached hydrogen (secondary N) is 1. The second kappa shape index (κ2) is 8.86. The first-order chi connectivity index (χ1) is 15.0. The Morgan fingerprint density at radius 2 is 1.81 bits per heavy atom. The Bertz CT molecular complexity index is 1180. The van der Waals surface area contributed by atoms with E-state index in [1.165, 1.54) is 11.1 Å². The maximum atomic E-state index is 4.94. The van der Waals surface area contributed by atoms with Gasteiger partial charge in [-0.25, -0.2) is 9.97 Å². The fourth-order valence-corrected chi connectivity index (χ4v) is 3.62. The van der Waals surface area contributed by atoms with Gasteiger partial charge < -0.3 is 5.32 Å². The minimum atomic E-state index is 0.507. The van der Waals surface area contributed by atoms with Crippen molar-refractivity contribution in [2.24, 2.45) is 7.05 Å². The highest BCUT2D eigenvalue weighted by atomic mass is 15.3. The Hall–Kier alpha value is -3.25. The normalized spacial score (nSPS) is 12.5. The van der Waals surface area contributed by atoms with E-state index in [4.69, 9.17) is 9.97 Å². The molecule has 0 radical (unpaired) electrons. The number of fused-ring (bicyclic) bond motifs is 1. The summed E-state index contributed by atoms with van der Waals surface area (Å²) in [4.78, 5) is 12.2. The number of hydrogen-bond donors (Lipinski definition) is 1. The van der Waals surface area contributed by atoms with E-state index in [1.54, 1.807) is 4.68 Å². The lowest BCUT2D eigenvalue weighted by molar-refractivity contribution is 0.244. The Morgan fingerprint density at radius 1 is 1.06 bits per heavy atom. The van der Waals surface area contributed by atoms with Crippen molar-refractivity contribution in [3.8, 4) is 11.4 Å². The number of aromatic nitrogens is 4. The van der Waals surface area contributed by atoms with Gasteiger partial charge in [0.15, 0.2) is 11.5 Å². The molecule has 31 heavy (non-hydrogen) atoms. The molecule has 2 aromatic carbocycles. The molecule has 4 rings (SSSR count). The summed E-state index contributed by atoms with van der Waals surface area (Å²) < 4.78 is 1.80. The molecule has 1 N–H and O–H groups in total. The Kier molecular flexibility index (Phi) is 6.00. The molecule has 0 spiro atoms. The molecular weight excluding hydrogens is 384 g/mol. The van der Waals surface area contributed by atoms with Crippen LogP contribution in [-0.2, 0) is 13.6 Å². The van der Waals surface area contributed by atoms with Crippen molar-refractivity contribution >= 4 is 22.5 Å². The summed E-state index contributed by atoms with van der Waals surface area (Å²) in [6.45, 7) is 7.40. The summed E-state index contributed by atoms with van der Waals surface area (Å²) >= 11 is 0. The largest absolute Gasteiger partial charge is 0.339 e. The van der Waals surface area contributed by atoms with Crippen LogP contribution in [-0.4, -0.2) is 37.7 Å². The highest BCUT2D eigenvalue weighted by Crippen LogP contribution is 2.29. The molecule has 2 aromatic heterocycles.